The Bertz CT molecular complexity index is 399. The Labute approximate surface area is 94.7 Å². The molecule has 0 saturated heterocycles. The van der Waals surface area contributed by atoms with Crippen LogP contribution in [0.25, 0.3) is 0 Å². The maximum Gasteiger partial charge on any atom is 0.186 e. The minimum absolute atomic E-state index is 0.158. The Hall–Kier alpha value is -1.70. The van der Waals surface area contributed by atoms with Crippen LogP contribution < -0.4 is 4.90 Å². The molecular weight excluding hydrogens is 207 g/mol. The molecule has 1 unspecified atom stereocenters. The molecule has 1 aromatic heterocycles. The van der Waals surface area contributed by atoms with Crippen LogP contribution in [0.3, 0.4) is 0 Å². The summed E-state index contributed by atoms with van der Waals surface area (Å²) in [6, 6.07) is 2.13. The van der Waals surface area contributed by atoms with Gasteiger partial charge in [0.1, 0.15) is 6.33 Å². The van der Waals surface area contributed by atoms with Crippen molar-refractivity contribution in [2.75, 3.05) is 18.0 Å². The molecule has 1 atom stereocenters. The minimum Gasteiger partial charge on any atom is -0.353 e. The second-order valence-corrected chi connectivity index (χ2v) is 3.67. The van der Waals surface area contributed by atoms with Crippen molar-refractivity contribution in [3.05, 3.63) is 17.8 Å². The summed E-state index contributed by atoms with van der Waals surface area (Å²) in [5.41, 5.74) is 0.327. The molecule has 0 fully saturated rings. The van der Waals surface area contributed by atoms with Gasteiger partial charge in [-0.1, -0.05) is 0 Å². The Morgan fingerprint density at radius 1 is 1.56 bits per heavy atom. The average Bonchev–Trinajstić information content (AvgIpc) is 2.29. The van der Waals surface area contributed by atoms with E-state index in [2.05, 4.69) is 16.0 Å². The van der Waals surface area contributed by atoms with Gasteiger partial charge in [-0.2, -0.15) is 5.26 Å². The third kappa shape index (κ3) is 2.66. The van der Waals surface area contributed by atoms with Crippen LogP contribution in [0.5, 0.6) is 0 Å². The van der Waals surface area contributed by atoms with Crippen LogP contribution in [-0.2, 0) is 0 Å². The van der Waals surface area contributed by atoms with Gasteiger partial charge in [0.2, 0.25) is 0 Å². The molecule has 0 radical (unpaired) electrons. The summed E-state index contributed by atoms with van der Waals surface area (Å²) in [5.74, 6) is -0.291. The summed E-state index contributed by atoms with van der Waals surface area (Å²) in [6.45, 7) is 6.39. The van der Waals surface area contributed by atoms with Gasteiger partial charge >= 0.3 is 0 Å². The minimum atomic E-state index is -0.408. The summed E-state index contributed by atoms with van der Waals surface area (Å²) in [6.07, 6.45) is 1.34. The van der Waals surface area contributed by atoms with E-state index in [1.807, 2.05) is 6.92 Å². The van der Waals surface area contributed by atoms with E-state index in [9.17, 15) is 4.39 Å². The van der Waals surface area contributed by atoms with E-state index in [1.165, 1.54) is 6.33 Å². The highest BCUT2D eigenvalue weighted by molar-refractivity contribution is 5.40. The van der Waals surface area contributed by atoms with Crippen LogP contribution in [0, 0.1) is 30.0 Å². The number of anilines is 1. The number of nitrogens with zero attached hydrogens (tertiary/aromatic N) is 4. The summed E-state index contributed by atoms with van der Waals surface area (Å²) in [4.78, 5) is 9.45. The molecule has 0 N–H and O–H groups in total. The fraction of sp³-hybridized carbons (Fsp3) is 0.545. The molecule has 1 rings (SSSR count). The Balaban J connectivity index is 2.96. The molecule has 1 aromatic rings. The number of nitriles is 1. The van der Waals surface area contributed by atoms with Gasteiger partial charge in [0.05, 0.1) is 17.7 Å². The first-order valence-electron chi connectivity index (χ1n) is 5.21. The predicted octanol–water partition coefficient (Wildman–Crippen LogP) is 1.91. The number of aryl methyl sites for hydroxylation is 1. The molecule has 4 nitrogen and oxygen atoms in total. The summed E-state index contributed by atoms with van der Waals surface area (Å²) < 4.78 is 13.7. The van der Waals surface area contributed by atoms with Gasteiger partial charge in [-0.25, -0.2) is 14.4 Å². The van der Waals surface area contributed by atoms with Crippen LogP contribution in [0.4, 0.5) is 10.2 Å². The highest BCUT2D eigenvalue weighted by Crippen LogP contribution is 2.18. The monoisotopic (exact) mass is 222 g/mol. The van der Waals surface area contributed by atoms with E-state index < -0.39 is 5.82 Å². The normalized spacial score (nSPS) is 11.9. The van der Waals surface area contributed by atoms with Crippen LogP contribution in [0.15, 0.2) is 6.33 Å². The molecule has 0 spiro atoms. The zero-order valence-corrected chi connectivity index (χ0v) is 9.74. The largest absolute Gasteiger partial charge is 0.353 e. The average molecular weight is 222 g/mol. The van der Waals surface area contributed by atoms with Gasteiger partial charge in [-0.3, -0.25) is 0 Å². The molecule has 86 valence electrons. The highest BCUT2D eigenvalue weighted by Gasteiger charge is 2.16. The van der Waals surface area contributed by atoms with E-state index in [-0.39, 0.29) is 11.7 Å². The second-order valence-electron chi connectivity index (χ2n) is 3.67. The number of hydrogen-bond donors (Lipinski definition) is 0. The van der Waals surface area contributed by atoms with Crippen molar-refractivity contribution in [1.29, 1.82) is 5.26 Å². The molecule has 5 heteroatoms. The van der Waals surface area contributed by atoms with Gasteiger partial charge in [0.15, 0.2) is 11.6 Å². The van der Waals surface area contributed by atoms with Crippen LogP contribution >= 0.6 is 0 Å². The van der Waals surface area contributed by atoms with Crippen LogP contribution in [-0.4, -0.2) is 23.1 Å². The Morgan fingerprint density at radius 3 is 2.81 bits per heavy atom. The van der Waals surface area contributed by atoms with Crippen LogP contribution in [0.1, 0.15) is 19.5 Å². The molecule has 0 saturated carbocycles. The summed E-state index contributed by atoms with van der Waals surface area (Å²) in [7, 11) is 0. The molecule has 0 aliphatic heterocycles. The fourth-order valence-corrected chi connectivity index (χ4v) is 1.40. The molecule has 0 aromatic carbocycles. The third-order valence-electron chi connectivity index (χ3n) is 2.34. The summed E-state index contributed by atoms with van der Waals surface area (Å²) in [5, 5.41) is 8.75. The van der Waals surface area contributed by atoms with Crippen molar-refractivity contribution in [3.63, 3.8) is 0 Å². The second kappa shape index (κ2) is 5.40. The highest BCUT2D eigenvalue weighted by atomic mass is 19.1. The SMILES string of the molecule is CCN(CC(C)C#N)c1ncnc(C)c1F. The number of hydrogen-bond acceptors (Lipinski definition) is 4. The van der Waals surface area contributed by atoms with E-state index in [4.69, 9.17) is 5.26 Å². The van der Waals surface area contributed by atoms with Crippen molar-refractivity contribution < 1.29 is 4.39 Å². The summed E-state index contributed by atoms with van der Waals surface area (Å²) >= 11 is 0. The number of halogens is 1. The molecule has 0 aliphatic carbocycles. The molecular formula is C11H15FN4. The van der Waals surface area contributed by atoms with Crippen molar-refractivity contribution in [2.24, 2.45) is 5.92 Å². The predicted molar refractivity (Wildman–Crippen MR) is 59.4 cm³/mol. The van der Waals surface area contributed by atoms with Gasteiger partial charge in [0.25, 0.3) is 0 Å². The number of rotatable bonds is 4. The maximum atomic E-state index is 13.7. The van der Waals surface area contributed by atoms with E-state index >= 15 is 0 Å². The van der Waals surface area contributed by atoms with Crippen LogP contribution in [0.2, 0.25) is 0 Å². The van der Waals surface area contributed by atoms with Crippen molar-refractivity contribution in [3.8, 4) is 6.07 Å². The van der Waals surface area contributed by atoms with Crippen molar-refractivity contribution >= 4 is 5.82 Å². The topological polar surface area (TPSA) is 52.8 Å². The first-order chi connectivity index (χ1) is 7.60. The first kappa shape index (κ1) is 12.4. The number of aromatic nitrogens is 2. The standard InChI is InChI=1S/C11H15FN4/c1-4-16(6-8(2)5-13)11-10(12)9(3)14-7-15-11/h7-8H,4,6H2,1-3H3. The lowest BCUT2D eigenvalue weighted by Crippen LogP contribution is -2.29. The van der Waals surface area contributed by atoms with Gasteiger partial charge in [0, 0.05) is 13.1 Å². The lowest BCUT2D eigenvalue weighted by Gasteiger charge is -2.23. The lowest BCUT2D eigenvalue weighted by molar-refractivity contribution is 0.581. The van der Waals surface area contributed by atoms with Crippen molar-refractivity contribution in [1.82, 2.24) is 9.97 Å². The quantitative estimate of drug-likeness (QED) is 0.780. The molecule has 0 amide bonds. The molecule has 1 heterocycles. The Morgan fingerprint density at radius 2 is 2.25 bits per heavy atom. The first-order valence-corrected chi connectivity index (χ1v) is 5.21. The Kier molecular flexibility index (Phi) is 4.18. The molecule has 0 bridgehead atoms. The smallest absolute Gasteiger partial charge is 0.186 e. The fourth-order valence-electron chi connectivity index (χ4n) is 1.40. The molecule has 16 heavy (non-hydrogen) atoms. The molecule has 0 aliphatic rings. The van der Waals surface area contributed by atoms with Gasteiger partial charge in [-0.05, 0) is 20.8 Å². The van der Waals surface area contributed by atoms with E-state index in [0.29, 0.717) is 18.8 Å². The lowest BCUT2D eigenvalue weighted by atomic mass is 10.2. The van der Waals surface area contributed by atoms with Gasteiger partial charge < -0.3 is 4.90 Å². The maximum absolute atomic E-state index is 13.7. The zero-order chi connectivity index (χ0) is 12.1. The van der Waals surface area contributed by atoms with Crippen molar-refractivity contribution in [2.45, 2.75) is 20.8 Å². The van der Waals surface area contributed by atoms with E-state index in [1.54, 1.807) is 18.7 Å². The zero-order valence-electron chi connectivity index (χ0n) is 9.74. The third-order valence-corrected chi connectivity index (χ3v) is 2.34. The van der Waals surface area contributed by atoms with E-state index in [0.717, 1.165) is 0 Å². The van der Waals surface area contributed by atoms with Gasteiger partial charge in [-0.15, -0.1) is 0 Å².